The lowest BCUT2D eigenvalue weighted by atomic mass is 9.97. The van der Waals surface area contributed by atoms with Crippen LogP contribution in [0.5, 0.6) is 0 Å². The summed E-state index contributed by atoms with van der Waals surface area (Å²) in [5.74, 6) is 0.818. The number of aromatic nitrogens is 3. The number of carbonyl (C=O) groups excluding carboxylic acids is 1. The molecule has 1 aliphatic rings. The predicted molar refractivity (Wildman–Crippen MR) is 92.9 cm³/mol. The van der Waals surface area contributed by atoms with Crippen LogP contribution < -0.4 is 0 Å². The van der Waals surface area contributed by atoms with Crippen LogP contribution in [0.3, 0.4) is 0 Å². The van der Waals surface area contributed by atoms with E-state index in [0.29, 0.717) is 5.56 Å². The number of aryl methyl sites for hydroxylation is 1. The maximum absolute atomic E-state index is 13.0. The second-order valence-corrected chi connectivity index (χ2v) is 6.42. The zero-order valence-electron chi connectivity index (χ0n) is 14.1. The van der Waals surface area contributed by atoms with Crippen LogP contribution in [0, 0.1) is 6.92 Å². The average Bonchev–Trinajstić information content (AvgIpc) is 3.33. The molecule has 1 fully saturated rings. The summed E-state index contributed by atoms with van der Waals surface area (Å²) in [6.45, 7) is 2.62. The minimum Gasteiger partial charge on any atom is -0.361 e. The molecule has 1 amide bonds. The van der Waals surface area contributed by atoms with Crippen LogP contribution in [0.15, 0.2) is 47.1 Å². The maximum atomic E-state index is 13.0. The summed E-state index contributed by atoms with van der Waals surface area (Å²) in [7, 11) is 0. The first-order chi connectivity index (χ1) is 12.2. The molecule has 2 aromatic heterocycles. The summed E-state index contributed by atoms with van der Waals surface area (Å²) in [5.41, 5.74) is 3.49. The van der Waals surface area contributed by atoms with Gasteiger partial charge in [0.25, 0.3) is 5.91 Å². The highest BCUT2D eigenvalue weighted by molar-refractivity contribution is 5.95. The summed E-state index contributed by atoms with van der Waals surface area (Å²) in [4.78, 5) is 15.0. The Labute approximate surface area is 145 Å². The fourth-order valence-electron chi connectivity index (χ4n) is 3.40. The van der Waals surface area contributed by atoms with Crippen LogP contribution in [-0.2, 0) is 0 Å². The van der Waals surface area contributed by atoms with E-state index in [0.717, 1.165) is 48.5 Å². The highest BCUT2D eigenvalue weighted by Crippen LogP contribution is 2.32. The van der Waals surface area contributed by atoms with Crippen molar-refractivity contribution in [3.8, 4) is 11.3 Å². The number of amides is 1. The molecule has 1 aromatic carbocycles. The molecule has 0 radical (unpaired) electrons. The van der Waals surface area contributed by atoms with E-state index >= 15 is 0 Å². The molecular formula is C19H20N4O2. The standard InChI is InChI=1S/C19H20N4O2/c1-13-12-17(22-25-13)18-4-2-3-11-23(18)19(24)15-7-5-14(6-8-15)16-9-10-20-21-16/h5-10,12,18H,2-4,11H2,1H3,(H,20,21). The average molecular weight is 336 g/mol. The summed E-state index contributed by atoms with van der Waals surface area (Å²) >= 11 is 0. The normalized spacial score (nSPS) is 17.6. The highest BCUT2D eigenvalue weighted by atomic mass is 16.5. The van der Waals surface area contributed by atoms with E-state index in [-0.39, 0.29) is 11.9 Å². The van der Waals surface area contributed by atoms with Crippen molar-refractivity contribution in [2.45, 2.75) is 32.2 Å². The molecule has 0 spiro atoms. The topological polar surface area (TPSA) is 75.0 Å². The number of benzene rings is 1. The third kappa shape index (κ3) is 3.07. The van der Waals surface area contributed by atoms with Crippen molar-refractivity contribution in [2.24, 2.45) is 0 Å². The molecule has 1 unspecified atom stereocenters. The van der Waals surface area contributed by atoms with Crippen LogP contribution in [0.2, 0.25) is 0 Å². The number of H-pyrrole nitrogens is 1. The molecule has 128 valence electrons. The van der Waals surface area contributed by atoms with Crippen LogP contribution in [-0.4, -0.2) is 32.7 Å². The first-order valence-corrected chi connectivity index (χ1v) is 8.56. The lowest BCUT2D eigenvalue weighted by molar-refractivity contribution is 0.0602. The number of hydrogen-bond acceptors (Lipinski definition) is 4. The van der Waals surface area contributed by atoms with Crippen molar-refractivity contribution in [2.75, 3.05) is 6.54 Å². The fourth-order valence-corrected chi connectivity index (χ4v) is 3.40. The van der Waals surface area contributed by atoms with Gasteiger partial charge in [-0.3, -0.25) is 9.89 Å². The zero-order chi connectivity index (χ0) is 17.2. The van der Waals surface area contributed by atoms with Gasteiger partial charge in [0.2, 0.25) is 0 Å². The Morgan fingerprint density at radius 3 is 2.76 bits per heavy atom. The number of nitrogens with one attached hydrogen (secondary N) is 1. The van der Waals surface area contributed by atoms with Gasteiger partial charge < -0.3 is 9.42 Å². The van der Waals surface area contributed by atoms with E-state index in [2.05, 4.69) is 15.4 Å². The van der Waals surface area contributed by atoms with E-state index in [1.165, 1.54) is 0 Å². The molecule has 1 saturated heterocycles. The SMILES string of the molecule is Cc1cc(C2CCCCN2C(=O)c2ccc(-c3ccn[nH]3)cc2)no1. The van der Waals surface area contributed by atoms with Crippen molar-refractivity contribution in [1.82, 2.24) is 20.3 Å². The molecule has 3 aromatic rings. The lowest BCUT2D eigenvalue weighted by Gasteiger charge is -2.34. The van der Waals surface area contributed by atoms with Crippen molar-refractivity contribution in [3.63, 3.8) is 0 Å². The number of hydrogen-bond donors (Lipinski definition) is 1. The smallest absolute Gasteiger partial charge is 0.254 e. The van der Waals surface area contributed by atoms with Crippen molar-refractivity contribution in [1.29, 1.82) is 0 Å². The van der Waals surface area contributed by atoms with Crippen molar-refractivity contribution >= 4 is 5.91 Å². The number of carbonyl (C=O) groups is 1. The van der Waals surface area contributed by atoms with Crippen LogP contribution in [0.1, 0.15) is 47.1 Å². The van der Waals surface area contributed by atoms with Crippen LogP contribution in [0.25, 0.3) is 11.3 Å². The second-order valence-electron chi connectivity index (χ2n) is 6.42. The Morgan fingerprint density at radius 1 is 1.24 bits per heavy atom. The van der Waals surface area contributed by atoms with Gasteiger partial charge in [0.05, 0.1) is 11.7 Å². The number of likely N-dealkylation sites (tertiary alicyclic amines) is 1. The zero-order valence-corrected chi connectivity index (χ0v) is 14.1. The van der Waals surface area contributed by atoms with Gasteiger partial charge >= 0.3 is 0 Å². The van der Waals surface area contributed by atoms with E-state index < -0.39 is 0 Å². The monoisotopic (exact) mass is 336 g/mol. The number of piperidine rings is 1. The van der Waals surface area contributed by atoms with Gasteiger partial charge in [-0.05, 0) is 49.9 Å². The Bertz CT molecular complexity index is 852. The lowest BCUT2D eigenvalue weighted by Crippen LogP contribution is -2.38. The van der Waals surface area contributed by atoms with Crippen molar-refractivity contribution < 1.29 is 9.32 Å². The quantitative estimate of drug-likeness (QED) is 0.790. The van der Waals surface area contributed by atoms with Gasteiger partial charge in [-0.15, -0.1) is 0 Å². The van der Waals surface area contributed by atoms with Crippen molar-refractivity contribution in [3.05, 3.63) is 59.6 Å². The number of aromatic amines is 1. The minimum atomic E-state index is -0.00835. The molecule has 6 heteroatoms. The van der Waals surface area contributed by atoms with Crippen LogP contribution in [0.4, 0.5) is 0 Å². The predicted octanol–water partition coefficient (Wildman–Crippen LogP) is 3.74. The molecule has 25 heavy (non-hydrogen) atoms. The molecule has 3 heterocycles. The first kappa shape index (κ1) is 15.6. The first-order valence-electron chi connectivity index (χ1n) is 8.56. The molecule has 1 aliphatic heterocycles. The molecule has 1 N–H and O–H groups in total. The van der Waals surface area contributed by atoms with Gasteiger partial charge in [-0.25, -0.2) is 0 Å². The Morgan fingerprint density at radius 2 is 2.08 bits per heavy atom. The Kier molecular flexibility index (Phi) is 4.09. The third-order valence-electron chi connectivity index (χ3n) is 4.69. The third-order valence-corrected chi connectivity index (χ3v) is 4.69. The van der Waals surface area contributed by atoms with E-state index in [1.54, 1.807) is 6.20 Å². The molecular weight excluding hydrogens is 316 g/mol. The Balaban J connectivity index is 1.58. The minimum absolute atomic E-state index is 0.00835. The number of nitrogens with zero attached hydrogens (tertiary/aromatic N) is 3. The Hall–Kier alpha value is -2.89. The highest BCUT2D eigenvalue weighted by Gasteiger charge is 2.30. The molecule has 4 rings (SSSR count). The molecule has 0 bridgehead atoms. The van der Waals surface area contributed by atoms with Crippen LogP contribution >= 0.6 is 0 Å². The fraction of sp³-hybridized carbons (Fsp3) is 0.316. The molecule has 6 nitrogen and oxygen atoms in total. The van der Waals surface area contributed by atoms with Gasteiger partial charge in [0.1, 0.15) is 11.5 Å². The van der Waals surface area contributed by atoms with E-state index in [9.17, 15) is 4.79 Å². The summed E-state index contributed by atoms with van der Waals surface area (Å²) in [6, 6.07) is 11.5. The summed E-state index contributed by atoms with van der Waals surface area (Å²) in [6.07, 6.45) is 4.75. The summed E-state index contributed by atoms with van der Waals surface area (Å²) < 4.78 is 5.21. The van der Waals surface area contributed by atoms with Gasteiger partial charge in [-0.2, -0.15) is 5.10 Å². The summed E-state index contributed by atoms with van der Waals surface area (Å²) in [5, 5.41) is 11.0. The van der Waals surface area contributed by atoms with E-state index in [4.69, 9.17) is 4.52 Å². The molecule has 0 saturated carbocycles. The maximum Gasteiger partial charge on any atom is 0.254 e. The second kappa shape index (κ2) is 6.55. The van der Waals surface area contributed by atoms with E-state index in [1.807, 2.05) is 48.2 Å². The van der Waals surface area contributed by atoms with Gasteiger partial charge in [0, 0.05) is 24.4 Å². The van der Waals surface area contributed by atoms with Gasteiger partial charge in [0.15, 0.2) is 0 Å². The number of rotatable bonds is 3. The largest absolute Gasteiger partial charge is 0.361 e. The molecule has 1 atom stereocenters. The van der Waals surface area contributed by atoms with Gasteiger partial charge in [-0.1, -0.05) is 17.3 Å². The molecule has 0 aliphatic carbocycles.